The van der Waals surface area contributed by atoms with Gasteiger partial charge in [-0.1, -0.05) is 6.92 Å². The second kappa shape index (κ2) is 8.16. The summed E-state index contributed by atoms with van der Waals surface area (Å²) in [5.74, 6) is -1.55. The summed E-state index contributed by atoms with van der Waals surface area (Å²) in [6.45, 7) is 5.74. The van der Waals surface area contributed by atoms with Gasteiger partial charge in [0.1, 0.15) is 6.61 Å². The van der Waals surface area contributed by atoms with Gasteiger partial charge < -0.3 is 24.0 Å². The molecule has 0 bridgehead atoms. The van der Waals surface area contributed by atoms with Crippen molar-refractivity contribution in [3.05, 3.63) is 0 Å². The molecule has 0 aliphatic rings. The molecule has 2 N–H and O–H groups in total. The molecule has 0 saturated heterocycles. The van der Waals surface area contributed by atoms with Crippen LogP contribution in [0.15, 0.2) is 0 Å². The van der Waals surface area contributed by atoms with Crippen molar-refractivity contribution < 1.29 is 33.1 Å². The van der Waals surface area contributed by atoms with Gasteiger partial charge in [0.25, 0.3) is 0 Å². The lowest BCUT2D eigenvalue weighted by Gasteiger charge is -2.32. The SMILES string of the molecule is CCCOC(COP(=O)(O)O)(OCC)OCC. The van der Waals surface area contributed by atoms with E-state index in [1.165, 1.54) is 0 Å². The number of ether oxygens (including phenoxy) is 3. The fourth-order valence-electron chi connectivity index (χ4n) is 1.11. The average molecular weight is 272 g/mol. The van der Waals surface area contributed by atoms with E-state index in [0.717, 1.165) is 6.42 Å². The smallest absolute Gasteiger partial charge is 0.326 e. The minimum atomic E-state index is -4.58. The zero-order valence-corrected chi connectivity index (χ0v) is 11.3. The normalized spacial score (nSPS) is 13.0. The summed E-state index contributed by atoms with van der Waals surface area (Å²) >= 11 is 0. The van der Waals surface area contributed by atoms with Crippen LogP contribution in [0.3, 0.4) is 0 Å². The van der Waals surface area contributed by atoms with Gasteiger partial charge in [-0.05, 0) is 20.3 Å². The summed E-state index contributed by atoms with van der Waals surface area (Å²) in [5, 5.41) is 0. The van der Waals surface area contributed by atoms with E-state index in [2.05, 4.69) is 4.52 Å². The first-order valence-electron chi connectivity index (χ1n) is 5.51. The standard InChI is InChI=1S/C9H21O7P/c1-4-7-15-9(13-5-2,14-6-3)8-16-17(10,11)12/h4-8H2,1-3H3,(H2,10,11,12). The number of rotatable bonds is 10. The van der Waals surface area contributed by atoms with E-state index in [0.29, 0.717) is 6.61 Å². The molecule has 0 rings (SSSR count). The molecule has 0 radical (unpaired) electrons. The molecule has 0 fully saturated rings. The van der Waals surface area contributed by atoms with E-state index < -0.39 is 20.4 Å². The lowest BCUT2D eigenvalue weighted by Crippen LogP contribution is -2.44. The van der Waals surface area contributed by atoms with Crippen molar-refractivity contribution in [1.29, 1.82) is 0 Å². The van der Waals surface area contributed by atoms with Crippen molar-refractivity contribution in [1.82, 2.24) is 0 Å². The van der Waals surface area contributed by atoms with Crippen LogP contribution in [0.1, 0.15) is 27.2 Å². The van der Waals surface area contributed by atoms with Crippen molar-refractivity contribution in [2.75, 3.05) is 26.4 Å². The molecule has 17 heavy (non-hydrogen) atoms. The lowest BCUT2D eigenvalue weighted by atomic mass is 10.5. The van der Waals surface area contributed by atoms with Gasteiger partial charge in [0, 0.05) is 13.2 Å². The van der Waals surface area contributed by atoms with Gasteiger partial charge in [-0.25, -0.2) is 4.57 Å². The largest absolute Gasteiger partial charge is 0.469 e. The van der Waals surface area contributed by atoms with Gasteiger partial charge in [0.2, 0.25) is 0 Å². The minimum absolute atomic E-state index is 0.272. The Morgan fingerprint density at radius 1 is 1.06 bits per heavy atom. The van der Waals surface area contributed by atoms with Crippen LogP contribution in [0.4, 0.5) is 0 Å². The Balaban J connectivity index is 4.57. The number of hydrogen-bond acceptors (Lipinski definition) is 5. The Morgan fingerprint density at radius 2 is 1.59 bits per heavy atom. The molecule has 0 aromatic heterocycles. The monoisotopic (exact) mass is 272 g/mol. The Kier molecular flexibility index (Phi) is 8.15. The molecule has 0 aromatic rings. The van der Waals surface area contributed by atoms with Gasteiger partial charge in [0.15, 0.2) is 0 Å². The molecule has 0 aliphatic heterocycles. The maximum atomic E-state index is 10.7. The molecule has 0 atom stereocenters. The van der Waals surface area contributed by atoms with Gasteiger partial charge >= 0.3 is 13.8 Å². The highest BCUT2D eigenvalue weighted by atomic mass is 31.2. The van der Waals surface area contributed by atoms with Crippen LogP contribution in [0.5, 0.6) is 0 Å². The molecular formula is C9H21O7P. The van der Waals surface area contributed by atoms with Gasteiger partial charge in [-0.2, -0.15) is 0 Å². The zero-order chi connectivity index (χ0) is 13.4. The molecule has 0 amide bonds. The van der Waals surface area contributed by atoms with Crippen molar-refractivity contribution >= 4 is 7.82 Å². The molecule has 7 nitrogen and oxygen atoms in total. The average Bonchev–Trinajstić information content (AvgIpc) is 2.23. The first-order chi connectivity index (χ1) is 7.89. The number of phosphoric acid groups is 1. The highest BCUT2D eigenvalue weighted by molar-refractivity contribution is 7.46. The van der Waals surface area contributed by atoms with Crippen molar-refractivity contribution in [2.45, 2.75) is 33.2 Å². The predicted molar refractivity (Wildman–Crippen MR) is 60.2 cm³/mol. The Labute approximate surface area is 101 Å². The van der Waals surface area contributed by atoms with E-state index in [4.69, 9.17) is 24.0 Å². The van der Waals surface area contributed by atoms with Gasteiger partial charge in [-0.3, -0.25) is 4.52 Å². The second-order valence-corrected chi connectivity index (χ2v) is 4.40. The third-order valence-electron chi connectivity index (χ3n) is 1.66. The highest BCUT2D eigenvalue weighted by Crippen LogP contribution is 2.37. The molecule has 0 unspecified atom stereocenters. The summed E-state index contributed by atoms with van der Waals surface area (Å²) in [6.07, 6.45) is 0.720. The molecule has 0 saturated carbocycles. The van der Waals surface area contributed by atoms with Gasteiger partial charge in [-0.15, -0.1) is 0 Å². The lowest BCUT2D eigenvalue weighted by molar-refractivity contribution is -0.387. The maximum Gasteiger partial charge on any atom is 0.469 e. The fourth-order valence-corrected chi connectivity index (χ4v) is 1.44. The molecule has 104 valence electrons. The van der Waals surface area contributed by atoms with E-state index in [-0.39, 0.29) is 13.2 Å². The fraction of sp³-hybridized carbons (Fsp3) is 1.00. The van der Waals surface area contributed by atoms with Crippen LogP contribution in [-0.2, 0) is 23.3 Å². The maximum absolute atomic E-state index is 10.7. The van der Waals surface area contributed by atoms with Crippen molar-refractivity contribution in [3.8, 4) is 0 Å². The molecule has 0 aromatic carbocycles. The predicted octanol–water partition coefficient (Wildman–Crippen LogP) is 1.25. The Hall–Kier alpha value is -0.0100. The number of hydrogen-bond donors (Lipinski definition) is 2. The third kappa shape index (κ3) is 7.83. The van der Waals surface area contributed by atoms with Crippen LogP contribution >= 0.6 is 7.82 Å². The van der Waals surface area contributed by atoms with Crippen LogP contribution in [-0.4, -0.2) is 42.2 Å². The zero-order valence-electron chi connectivity index (χ0n) is 10.4. The topological polar surface area (TPSA) is 94.5 Å². The second-order valence-electron chi connectivity index (χ2n) is 3.16. The van der Waals surface area contributed by atoms with E-state index in [1.807, 2.05) is 6.92 Å². The van der Waals surface area contributed by atoms with Crippen LogP contribution in [0, 0.1) is 0 Å². The summed E-state index contributed by atoms with van der Waals surface area (Å²) in [7, 11) is -4.58. The number of phosphoric ester groups is 1. The van der Waals surface area contributed by atoms with Crippen LogP contribution in [0.2, 0.25) is 0 Å². The van der Waals surface area contributed by atoms with Crippen molar-refractivity contribution in [3.63, 3.8) is 0 Å². The van der Waals surface area contributed by atoms with Crippen molar-refractivity contribution in [2.24, 2.45) is 0 Å². The molecule has 0 heterocycles. The first-order valence-corrected chi connectivity index (χ1v) is 7.04. The molecule has 8 heteroatoms. The molecule has 0 aliphatic carbocycles. The Morgan fingerprint density at radius 3 is 1.94 bits per heavy atom. The minimum Gasteiger partial charge on any atom is -0.326 e. The third-order valence-corrected chi connectivity index (χ3v) is 2.13. The summed E-state index contributed by atoms with van der Waals surface area (Å²) in [4.78, 5) is 17.3. The highest BCUT2D eigenvalue weighted by Gasteiger charge is 2.36. The first kappa shape index (κ1) is 17.0. The summed E-state index contributed by atoms with van der Waals surface area (Å²) in [5.41, 5.74) is 0. The van der Waals surface area contributed by atoms with E-state index >= 15 is 0 Å². The van der Waals surface area contributed by atoms with Crippen LogP contribution in [0.25, 0.3) is 0 Å². The quantitative estimate of drug-likeness (QED) is 0.456. The summed E-state index contributed by atoms with van der Waals surface area (Å²) < 4.78 is 30.9. The van der Waals surface area contributed by atoms with E-state index in [1.54, 1.807) is 13.8 Å². The molecule has 0 spiro atoms. The Bertz CT molecular complexity index is 233. The summed E-state index contributed by atoms with van der Waals surface area (Å²) in [6, 6.07) is 0. The molecular weight excluding hydrogens is 251 g/mol. The van der Waals surface area contributed by atoms with Gasteiger partial charge in [0.05, 0.1) is 6.61 Å². The van der Waals surface area contributed by atoms with E-state index in [9.17, 15) is 4.57 Å². The van der Waals surface area contributed by atoms with Crippen LogP contribution < -0.4 is 0 Å².